The summed E-state index contributed by atoms with van der Waals surface area (Å²) < 4.78 is 40.0. The summed E-state index contributed by atoms with van der Waals surface area (Å²) in [6.07, 6.45) is 4.79. The van der Waals surface area contributed by atoms with E-state index < -0.39 is 38.9 Å². The molecule has 9 nitrogen and oxygen atoms in total. The molecular weight excluding hydrogens is 535 g/mol. The Morgan fingerprint density at radius 3 is 2.78 bits per heavy atom. The molecule has 0 unspecified atom stereocenters. The maximum atomic E-state index is 14.3. The van der Waals surface area contributed by atoms with Gasteiger partial charge in [0, 0.05) is 24.9 Å². The molecule has 0 amide bonds. The fourth-order valence-corrected chi connectivity index (χ4v) is 6.73. The molecule has 3 atom stereocenters. The molecule has 0 spiro atoms. The highest BCUT2D eigenvalue weighted by Gasteiger charge is 2.43. The molecule has 0 bridgehead atoms. The van der Waals surface area contributed by atoms with E-state index in [1.165, 1.54) is 19.3 Å². The molecule has 0 saturated heterocycles. The van der Waals surface area contributed by atoms with Gasteiger partial charge in [0.25, 0.3) is 5.92 Å². The summed E-state index contributed by atoms with van der Waals surface area (Å²) >= 11 is -0.794. The number of hydrogen-bond acceptors (Lipinski definition) is 8. The average Bonchev–Trinajstić information content (AvgIpc) is 3.29. The van der Waals surface area contributed by atoms with Gasteiger partial charge in [0.2, 0.25) is 11.6 Å². The highest BCUT2D eigenvalue weighted by Crippen LogP contribution is 2.49. The van der Waals surface area contributed by atoms with E-state index in [2.05, 4.69) is 43.1 Å². The Kier molecular flexibility index (Phi) is 5.74. The normalized spacial score (nSPS) is 25.7. The van der Waals surface area contributed by atoms with E-state index in [0.29, 0.717) is 30.5 Å². The SMILES string of the molecule is C[C@@H]1CC[C@@H](CN2I=Nc3nc(-c4noc(=O)[nH]4)nc(N[C@H](C)C4CCC4)c32)CC1(F)F. The van der Waals surface area contributed by atoms with Crippen molar-refractivity contribution in [3.63, 3.8) is 0 Å². The van der Waals surface area contributed by atoms with Gasteiger partial charge in [-0.25, -0.2) is 23.5 Å². The molecule has 2 N–H and O–H groups in total. The predicted molar refractivity (Wildman–Crippen MR) is 123 cm³/mol. The minimum Gasteiger partial charge on any atom is -0.365 e. The molecular formula is C20H26F2IN7O2. The Hall–Kier alpha value is -1.99. The number of nitrogens with zero attached hydrogens (tertiary/aromatic N) is 5. The van der Waals surface area contributed by atoms with Crippen molar-refractivity contribution in [2.45, 2.75) is 64.3 Å². The van der Waals surface area contributed by atoms with Crippen LogP contribution in [0.15, 0.2) is 12.5 Å². The lowest BCUT2D eigenvalue weighted by Gasteiger charge is -2.36. The molecule has 2 saturated carbocycles. The number of nitrogens with one attached hydrogen (secondary N) is 2. The first-order chi connectivity index (χ1) is 15.3. The van der Waals surface area contributed by atoms with Crippen molar-refractivity contribution >= 4 is 38.6 Å². The Balaban J connectivity index is 1.44. The molecule has 2 fully saturated rings. The molecule has 5 rings (SSSR count). The lowest BCUT2D eigenvalue weighted by atomic mass is 9.80. The molecule has 32 heavy (non-hydrogen) atoms. The van der Waals surface area contributed by atoms with Crippen molar-refractivity contribution < 1.29 is 13.3 Å². The van der Waals surface area contributed by atoms with E-state index in [0.717, 1.165) is 12.1 Å². The third kappa shape index (κ3) is 4.17. The van der Waals surface area contributed by atoms with Gasteiger partial charge < -0.3 is 5.32 Å². The van der Waals surface area contributed by atoms with Crippen LogP contribution in [0.2, 0.25) is 0 Å². The largest absolute Gasteiger partial charge is 0.439 e. The van der Waals surface area contributed by atoms with Gasteiger partial charge in [0.15, 0.2) is 11.6 Å². The van der Waals surface area contributed by atoms with Gasteiger partial charge in [-0.2, -0.15) is 3.15 Å². The molecule has 3 heterocycles. The lowest BCUT2D eigenvalue weighted by Crippen LogP contribution is -2.37. The minimum absolute atomic E-state index is 0.0921. The van der Waals surface area contributed by atoms with Gasteiger partial charge in [0.05, 0.1) is 0 Å². The van der Waals surface area contributed by atoms with Gasteiger partial charge in [-0.05, 0) is 44.4 Å². The lowest BCUT2D eigenvalue weighted by molar-refractivity contribution is -0.0936. The summed E-state index contributed by atoms with van der Waals surface area (Å²) in [6.45, 7) is 4.30. The van der Waals surface area contributed by atoms with Crippen molar-refractivity contribution in [1.82, 2.24) is 20.1 Å². The monoisotopic (exact) mass is 561 g/mol. The van der Waals surface area contributed by atoms with Crippen molar-refractivity contribution in [1.29, 1.82) is 0 Å². The molecule has 12 heteroatoms. The van der Waals surface area contributed by atoms with Crippen molar-refractivity contribution in [2.24, 2.45) is 20.9 Å². The maximum absolute atomic E-state index is 14.3. The fourth-order valence-electron chi connectivity index (χ4n) is 4.54. The molecule has 2 aliphatic carbocycles. The highest BCUT2D eigenvalue weighted by molar-refractivity contribution is 14.2. The van der Waals surface area contributed by atoms with Crippen LogP contribution in [-0.4, -0.2) is 38.6 Å². The van der Waals surface area contributed by atoms with Crippen LogP contribution >= 0.6 is 21.3 Å². The topological polar surface area (TPSA) is 112 Å². The van der Waals surface area contributed by atoms with Crippen LogP contribution in [0.3, 0.4) is 0 Å². The molecule has 174 valence electrons. The number of H-pyrrole nitrogens is 1. The summed E-state index contributed by atoms with van der Waals surface area (Å²) in [5.41, 5.74) is 0.778. The molecule has 0 radical (unpaired) electrons. The minimum atomic E-state index is -2.63. The summed E-state index contributed by atoms with van der Waals surface area (Å²) in [6, 6.07) is 0.201. The average molecular weight is 561 g/mol. The second kappa shape index (κ2) is 8.41. The Morgan fingerprint density at radius 1 is 1.31 bits per heavy atom. The zero-order chi connectivity index (χ0) is 22.5. The quantitative estimate of drug-likeness (QED) is 0.377. The Morgan fingerprint density at radius 2 is 2.12 bits per heavy atom. The second-order valence-corrected chi connectivity index (χ2v) is 11.2. The van der Waals surface area contributed by atoms with E-state index >= 15 is 0 Å². The first kappa shape index (κ1) is 21.8. The third-order valence-corrected chi connectivity index (χ3v) is 8.97. The predicted octanol–water partition coefficient (Wildman–Crippen LogP) is 5.01. The van der Waals surface area contributed by atoms with E-state index in [4.69, 9.17) is 0 Å². The van der Waals surface area contributed by atoms with Crippen LogP contribution in [0.25, 0.3) is 11.6 Å². The van der Waals surface area contributed by atoms with Gasteiger partial charge >= 0.3 is 5.76 Å². The van der Waals surface area contributed by atoms with E-state index in [1.54, 1.807) is 6.92 Å². The van der Waals surface area contributed by atoms with Gasteiger partial charge in [-0.3, -0.25) is 12.6 Å². The number of hydrogen-bond donors (Lipinski definition) is 2. The van der Waals surface area contributed by atoms with Crippen molar-refractivity contribution in [3.05, 3.63) is 10.6 Å². The Bertz CT molecular complexity index is 1080. The number of alkyl halides is 2. The van der Waals surface area contributed by atoms with Gasteiger partial charge in [-0.1, -0.05) is 18.5 Å². The molecule has 1 aliphatic heterocycles. The van der Waals surface area contributed by atoms with Gasteiger partial charge in [-0.15, -0.1) is 0 Å². The summed E-state index contributed by atoms with van der Waals surface area (Å²) in [5.74, 6) is -1.90. The number of anilines is 2. The highest BCUT2D eigenvalue weighted by atomic mass is 127. The number of halogens is 3. The van der Waals surface area contributed by atoms with E-state index in [-0.39, 0.29) is 30.0 Å². The molecule has 3 aliphatic rings. The smallest absolute Gasteiger partial charge is 0.365 e. The van der Waals surface area contributed by atoms with Crippen LogP contribution in [0.4, 0.5) is 26.1 Å². The number of rotatable bonds is 6. The van der Waals surface area contributed by atoms with E-state index in [9.17, 15) is 13.6 Å². The van der Waals surface area contributed by atoms with Crippen LogP contribution in [0.5, 0.6) is 0 Å². The summed E-state index contributed by atoms with van der Waals surface area (Å²) in [7, 11) is 0. The second-order valence-electron chi connectivity index (χ2n) is 9.15. The summed E-state index contributed by atoms with van der Waals surface area (Å²) in [4.78, 5) is 23.0. The maximum Gasteiger partial charge on any atom is 0.439 e. The number of aromatic nitrogens is 4. The first-order valence-corrected chi connectivity index (χ1v) is 13.0. The van der Waals surface area contributed by atoms with Crippen LogP contribution in [0, 0.1) is 17.8 Å². The number of fused-ring (bicyclic) bond motifs is 1. The summed E-state index contributed by atoms with van der Waals surface area (Å²) in [5, 5.41) is 7.22. The zero-order valence-corrected chi connectivity index (χ0v) is 20.1. The van der Waals surface area contributed by atoms with Crippen LogP contribution < -0.4 is 14.2 Å². The Labute approximate surface area is 194 Å². The standard InChI is InChI=1S/C20H26F2IN7O2/c1-10-6-7-12(8-20(10,21)22)9-30-14-15(24-11(2)13-4-3-5-13)25-17(26-16(14)28-23-30)18-27-19(31)32-29-18/h10-13H,3-9H2,1-2H3,(H,24,25,26)(H,27,29,31)/t10-,11-,12-/m1/s1. The third-order valence-electron chi connectivity index (χ3n) is 6.90. The zero-order valence-electron chi connectivity index (χ0n) is 17.9. The molecule has 2 aromatic rings. The van der Waals surface area contributed by atoms with Crippen molar-refractivity contribution in [3.8, 4) is 11.6 Å². The fraction of sp³-hybridized carbons (Fsp3) is 0.700. The molecule has 2 aromatic heterocycles. The van der Waals surface area contributed by atoms with Gasteiger partial charge in [0.1, 0.15) is 27.0 Å². The number of aromatic amines is 1. The van der Waals surface area contributed by atoms with Crippen LogP contribution in [0.1, 0.15) is 52.4 Å². The van der Waals surface area contributed by atoms with Crippen LogP contribution in [-0.2, 0) is 0 Å². The first-order valence-electron chi connectivity index (χ1n) is 11.1. The van der Waals surface area contributed by atoms with Crippen molar-refractivity contribution in [2.75, 3.05) is 15.0 Å². The van der Waals surface area contributed by atoms with E-state index in [1.807, 2.05) is 0 Å². The molecule has 0 aromatic carbocycles.